The van der Waals surface area contributed by atoms with E-state index in [4.69, 9.17) is 0 Å². The lowest BCUT2D eigenvalue weighted by Crippen LogP contribution is -2.53. The molecule has 1 heterocycles. The number of likely N-dealkylation sites (tertiary alicyclic amines) is 1. The average Bonchev–Trinajstić information content (AvgIpc) is 2.47. The molecule has 0 spiro atoms. The van der Waals surface area contributed by atoms with Crippen molar-refractivity contribution in [1.82, 2.24) is 4.90 Å². The zero-order valence-electron chi connectivity index (χ0n) is 12.0. The molecule has 5 atom stereocenters. The van der Waals surface area contributed by atoms with Crippen LogP contribution in [0.1, 0.15) is 39.0 Å². The number of piperidine rings is 1. The SMILES string of the molecule is C[C@@H]1CCCCN1C(=O)[C@H]1[C@@H](C(=O)O)[C@H]2C=C[C@@H]1CC2. The summed E-state index contributed by atoms with van der Waals surface area (Å²) < 4.78 is 0. The van der Waals surface area contributed by atoms with Gasteiger partial charge < -0.3 is 10.0 Å². The summed E-state index contributed by atoms with van der Waals surface area (Å²) in [5, 5.41) is 9.54. The molecule has 0 unspecified atom stereocenters. The Bertz CT molecular complexity index is 445. The predicted octanol–water partition coefficient (Wildman–Crippen LogP) is 2.30. The van der Waals surface area contributed by atoms with Crippen LogP contribution in [0.2, 0.25) is 0 Å². The van der Waals surface area contributed by atoms with Crippen LogP contribution in [0.15, 0.2) is 12.2 Å². The van der Waals surface area contributed by atoms with Crippen molar-refractivity contribution < 1.29 is 14.7 Å². The molecule has 0 radical (unpaired) electrons. The summed E-state index contributed by atoms with van der Waals surface area (Å²) in [6, 6.07) is 0.259. The highest BCUT2D eigenvalue weighted by molar-refractivity contribution is 5.86. The fourth-order valence-corrected chi connectivity index (χ4v) is 4.28. The first-order valence-electron chi connectivity index (χ1n) is 7.81. The summed E-state index contributed by atoms with van der Waals surface area (Å²) >= 11 is 0. The molecule has 4 rings (SSSR count). The van der Waals surface area contributed by atoms with Crippen molar-refractivity contribution in [3.05, 3.63) is 12.2 Å². The molecular formula is C16H23NO3. The number of nitrogens with zero attached hydrogens (tertiary/aromatic N) is 1. The number of aliphatic carboxylic acids is 1. The Kier molecular flexibility index (Phi) is 3.57. The lowest BCUT2D eigenvalue weighted by Gasteiger charge is -2.45. The van der Waals surface area contributed by atoms with Crippen molar-refractivity contribution in [3.8, 4) is 0 Å². The van der Waals surface area contributed by atoms with E-state index in [1.807, 2.05) is 11.0 Å². The maximum atomic E-state index is 12.9. The Morgan fingerprint density at radius 1 is 1.05 bits per heavy atom. The molecule has 110 valence electrons. The van der Waals surface area contributed by atoms with E-state index in [9.17, 15) is 14.7 Å². The monoisotopic (exact) mass is 277 g/mol. The van der Waals surface area contributed by atoms with Crippen molar-refractivity contribution in [3.63, 3.8) is 0 Å². The Labute approximate surface area is 119 Å². The summed E-state index contributed by atoms with van der Waals surface area (Å²) in [4.78, 5) is 26.5. The molecule has 4 heteroatoms. The normalized spacial score (nSPS) is 39.9. The van der Waals surface area contributed by atoms with Gasteiger partial charge in [-0.1, -0.05) is 12.2 Å². The molecule has 1 N–H and O–H groups in total. The Balaban J connectivity index is 1.85. The molecule has 4 aliphatic rings. The van der Waals surface area contributed by atoms with E-state index in [1.165, 1.54) is 6.42 Å². The van der Waals surface area contributed by atoms with Crippen LogP contribution in [0.5, 0.6) is 0 Å². The molecule has 2 bridgehead atoms. The van der Waals surface area contributed by atoms with Gasteiger partial charge in [-0.15, -0.1) is 0 Å². The third-order valence-electron chi connectivity index (χ3n) is 5.40. The molecular weight excluding hydrogens is 254 g/mol. The molecule has 0 aromatic carbocycles. The van der Waals surface area contributed by atoms with Gasteiger partial charge in [0.15, 0.2) is 0 Å². The Hall–Kier alpha value is -1.32. The molecule has 1 aliphatic heterocycles. The van der Waals surface area contributed by atoms with Gasteiger partial charge >= 0.3 is 5.97 Å². The zero-order valence-corrected chi connectivity index (χ0v) is 12.0. The summed E-state index contributed by atoms with van der Waals surface area (Å²) in [6.07, 6.45) is 9.25. The smallest absolute Gasteiger partial charge is 0.307 e. The third kappa shape index (κ3) is 2.15. The lowest BCUT2D eigenvalue weighted by molar-refractivity contribution is -0.158. The van der Waals surface area contributed by atoms with Gasteiger partial charge in [-0.05, 0) is 50.9 Å². The number of rotatable bonds is 2. The van der Waals surface area contributed by atoms with E-state index < -0.39 is 11.9 Å². The van der Waals surface area contributed by atoms with E-state index in [0.29, 0.717) is 0 Å². The Morgan fingerprint density at radius 2 is 1.70 bits per heavy atom. The number of carboxylic acids is 1. The van der Waals surface area contributed by atoms with Gasteiger partial charge in [0.25, 0.3) is 0 Å². The van der Waals surface area contributed by atoms with Gasteiger partial charge in [0.1, 0.15) is 0 Å². The van der Waals surface area contributed by atoms with Crippen LogP contribution in [0.3, 0.4) is 0 Å². The van der Waals surface area contributed by atoms with E-state index in [-0.39, 0.29) is 29.7 Å². The number of fused-ring (bicyclic) bond motifs is 2. The van der Waals surface area contributed by atoms with Crippen LogP contribution in [-0.4, -0.2) is 34.5 Å². The van der Waals surface area contributed by atoms with Gasteiger partial charge in [0, 0.05) is 12.6 Å². The number of carbonyl (C=O) groups is 2. The first-order chi connectivity index (χ1) is 9.59. The topological polar surface area (TPSA) is 57.6 Å². The minimum atomic E-state index is -0.799. The van der Waals surface area contributed by atoms with Crippen LogP contribution < -0.4 is 0 Å². The van der Waals surface area contributed by atoms with Crippen molar-refractivity contribution in [2.45, 2.75) is 45.1 Å². The number of carbonyl (C=O) groups excluding carboxylic acids is 1. The average molecular weight is 277 g/mol. The highest BCUT2D eigenvalue weighted by atomic mass is 16.4. The van der Waals surface area contributed by atoms with E-state index >= 15 is 0 Å². The number of carboxylic acid groups (broad SMARTS) is 1. The minimum absolute atomic E-state index is 0.0477. The number of hydrogen-bond acceptors (Lipinski definition) is 2. The fourth-order valence-electron chi connectivity index (χ4n) is 4.28. The van der Waals surface area contributed by atoms with Gasteiger partial charge in [0.05, 0.1) is 11.8 Å². The standard InChI is InChI=1S/C16H23NO3/c1-10-4-2-3-9-17(10)15(18)13-11-5-7-12(8-6-11)14(13)16(19)20/h5,7,10-14H,2-4,6,8-9H2,1H3,(H,19,20)/t10-,11-,12+,13-,14+/m1/s1. The van der Waals surface area contributed by atoms with Crippen LogP contribution in [0.25, 0.3) is 0 Å². The third-order valence-corrected chi connectivity index (χ3v) is 5.40. The van der Waals surface area contributed by atoms with Crippen molar-refractivity contribution in [2.24, 2.45) is 23.7 Å². The van der Waals surface area contributed by atoms with Gasteiger partial charge in [-0.3, -0.25) is 9.59 Å². The summed E-state index contributed by atoms with van der Waals surface area (Å²) in [5.41, 5.74) is 0. The minimum Gasteiger partial charge on any atom is -0.481 e. The van der Waals surface area contributed by atoms with Gasteiger partial charge in [-0.25, -0.2) is 0 Å². The highest BCUT2D eigenvalue weighted by Crippen LogP contribution is 2.46. The first kappa shape index (κ1) is 13.7. The summed E-state index contributed by atoms with van der Waals surface area (Å²) in [6.45, 7) is 2.88. The summed E-state index contributed by atoms with van der Waals surface area (Å²) in [7, 11) is 0. The van der Waals surface area contributed by atoms with E-state index in [1.54, 1.807) is 0 Å². The number of amides is 1. The number of hydrogen-bond donors (Lipinski definition) is 1. The first-order valence-corrected chi connectivity index (χ1v) is 7.81. The van der Waals surface area contributed by atoms with Gasteiger partial charge in [0.2, 0.25) is 5.91 Å². The van der Waals surface area contributed by atoms with E-state index in [2.05, 4.69) is 13.0 Å². The molecule has 3 aliphatic carbocycles. The lowest BCUT2D eigenvalue weighted by atomic mass is 9.61. The maximum Gasteiger partial charge on any atom is 0.307 e. The Morgan fingerprint density at radius 3 is 2.25 bits per heavy atom. The van der Waals surface area contributed by atoms with E-state index in [0.717, 1.165) is 32.2 Å². The van der Waals surface area contributed by atoms with Crippen LogP contribution >= 0.6 is 0 Å². The highest BCUT2D eigenvalue weighted by Gasteiger charge is 2.49. The molecule has 2 fully saturated rings. The predicted molar refractivity (Wildman–Crippen MR) is 75.0 cm³/mol. The quantitative estimate of drug-likeness (QED) is 0.788. The van der Waals surface area contributed by atoms with Crippen LogP contribution in [-0.2, 0) is 9.59 Å². The molecule has 0 aromatic heterocycles. The molecule has 1 saturated carbocycles. The van der Waals surface area contributed by atoms with Crippen molar-refractivity contribution >= 4 is 11.9 Å². The molecule has 4 nitrogen and oxygen atoms in total. The fraction of sp³-hybridized carbons (Fsp3) is 0.750. The summed E-state index contributed by atoms with van der Waals surface area (Å²) in [5.74, 6) is -1.39. The van der Waals surface area contributed by atoms with Crippen LogP contribution in [0, 0.1) is 23.7 Å². The second-order valence-corrected chi connectivity index (χ2v) is 6.56. The molecule has 0 aromatic rings. The van der Waals surface area contributed by atoms with Crippen molar-refractivity contribution in [2.75, 3.05) is 6.54 Å². The molecule has 1 amide bonds. The molecule has 20 heavy (non-hydrogen) atoms. The van der Waals surface area contributed by atoms with Gasteiger partial charge in [-0.2, -0.15) is 0 Å². The molecule has 1 saturated heterocycles. The number of allylic oxidation sites excluding steroid dienone is 2. The van der Waals surface area contributed by atoms with Crippen molar-refractivity contribution in [1.29, 1.82) is 0 Å². The largest absolute Gasteiger partial charge is 0.481 e. The maximum absolute atomic E-state index is 12.9. The second-order valence-electron chi connectivity index (χ2n) is 6.56. The zero-order chi connectivity index (χ0) is 14.3. The second kappa shape index (κ2) is 5.23. The van der Waals surface area contributed by atoms with Crippen LogP contribution in [0.4, 0.5) is 0 Å².